The van der Waals surface area contributed by atoms with Gasteiger partial charge in [0.2, 0.25) is 5.91 Å². The van der Waals surface area contributed by atoms with Crippen LogP contribution in [0.1, 0.15) is 38.5 Å². The van der Waals surface area contributed by atoms with Crippen molar-refractivity contribution in [2.75, 3.05) is 26.3 Å². The average Bonchev–Trinajstić information content (AvgIpc) is 2.83. The van der Waals surface area contributed by atoms with Crippen LogP contribution in [0.25, 0.3) is 0 Å². The molecule has 1 unspecified atom stereocenters. The Labute approximate surface area is 103 Å². The Morgan fingerprint density at radius 2 is 2.06 bits per heavy atom. The van der Waals surface area contributed by atoms with Gasteiger partial charge in [0.25, 0.3) is 0 Å². The summed E-state index contributed by atoms with van der Waals surface area (Å²) in [7, 11) is 0. The second-order valence-corrected chi connectivity index (χ2v) is 5.28. The number of carbonyl (C=O) groups excluding carboxylic acids is 1. The molecule has 0 radical (unpaired) electrons. The van der Waals surface area contributed by atoms with E-state index in [9.17, 15) is 4.79 Å². The Hall–Kier alpha value is -0.610. The zero-order valence-corrected chi connectivity index (χ0v) is 10.5. The number of hydrogen-bond donors (Lipinski definition) is 2. The quantitative estimate of drug-likeness (QED) is 0.755. The fourth-order valence-electron chi connectivity index (χ4n) is 2.69. The summed E-state index contributed by atoms with van der Waals surface area (Å²) >= 11 is 0. The zero-order chi connectivity index (χ0) is 11.9. The van der Waals surface area contributed by atoms with E-state index in [1.165, 1.54) is 25.7 Å². The van der Waals surface area contributed by atoms with E-state index in [0.717, 1.165) is 25.9 Å². The third kappa shape index (κ3) is 4.64. The second kappa shape index (κ2) is 6.97. The number of amides is 1. The Kier molecular flexibility index (Phi) is 5.26. The van der Waals surface area contributed by atoms with E-state index in [-0.39, 0.29) is 12.5 Å². The molecule has 0 spiro atoms. The lowest BCUT2D eigenvalue weighted by Gasteiger charge is -2.22. The van der Waals surface area contributed by atoms with Crippen LogP contribution in [-0.4, -0.2) is 38.3 Å². The monoisotopic (exact) mass is 240 g/mol. The summed E-state index contributed by atoms with van der Waals surface area (Å²) in [5, 5.41) is 6.36. The minimum Gasteiger partial charge on any atom is -0.371 e. The van der Waals surface area contributed by atoms with E-state index in [0.29, 0.717) is 18.6 Å². The number of nitrogens with one attached hydrogen (secondary N) is 2. The molecule has 1 amide bonds. The van der Waals surface area contributed by atoms with Crippen LogP contribution in [0.5, 0.6) is 0 Å². The van der Waals surface area contributed by atoms with Gasteiger partial charge < -0.3 is 15.4 Å². The van der Waals surface area contributed by atoms with E-state index in [1.54, 1.807) is 0 Å². The molecular weight excluding hydrogens is 216 g/mol. The van der Waals surface area contributed by atoms with Crippen LogP contribution < -0.4 is 10.6 Å². The normalized spacial score (nSPS) is 26.0. The molecule has 0 aromatic rings. The van der Waals surface area contributed by atoms with Gasteiger partial charge >= 0.3 is 0 Å². The van der Waals surface area contributed by atoms with Crippen molar-refractivity contribution < 1.29 is 9.53 Å². The van der Waals surface area contributed by atoms with Crippen molar-refractivity contribution in [3.8, 4) is 0 Å². The molecule has 1 saturated heterocycles. The molecule has 2 N–H and O–H groups in total. The van der Waals surface area contributed by atoms with Crippen LogP contribution in [0.15, 0.2) is 0 Å². The minimum atomic E-state index is 0.0582. The molecule has 98 valence electrons. The van der Waals surface area contributed by atoms with Crippen molar-refractivity contribution in [3.05, 3.63) is 0 Å². The summed E-state index contributed by atoms with van der Waals surface area (Å²) in [5.41, 5.74) is 0. The summed E-state index contributed by atoms with van der Waals surface area (Å²) in [6.07, 6.45) is 7.26. The maximum Gasteiger partial charge on any atom is 0.246 e. The van der Waals surface area contributed by atoms with E-state index in [4.69, 9.17) is 4.74 Å². The van der Waals surface area contributed by atoms with Gasteiger partial charge in [0.05, 0.1) is 6.61 Å². The van der Waals surface area contributed by atoms with Crippen LogP contribution in [0.2, 0.25) is 0 Å². The largest absolute Gasteiger partial charge is 0.371 e. The molecule has 1 heterocycles. The highest BCUT2D eigenvalue weighted by Crippen LogP contribution is 2.17. The summed E-state index contributed by atoms with van der Waals surface area (Å²) < 4.78 is 5.47. The van der Waals surface area contributed by atoms with Crippen LogP contribution in [0.3, 0.4) is 0 Å². The van der Waals surface area contributed by atoms with Crippen molar-refractivity contribution in [3.63, 3.8) is 0 Å². The van der Waals surface area contributed by atoms with Gasteiger partial charge in [-0.1, -0.05) is 19.3 Å². The topological polar surface area (TPSA) is 50.4 Å². The molecule has 0 aromatic carbocycles. The first-order valence-electron chi connectivity index (χ1n) is 6.92. The molecule has 0 aromatic heterocycles. The molecular formula is C13H24N2O2. The van der Waals surface area contributed by atoms with Gasteiger partial charge in [-0.05, 0) is 31.7 Å². The zero-order valence-electron chi connectivity index (χ0n) is 10.5. The van der Waals surface area contributed by atoms with E-state index in [2.05, 4.69) is 10.6 Å². The van der Waals surface area contributed by atoms with E-state index >= 15 is 0 Å². The maximum atomic E-state index is 11.6. The molecule has 2 aliphatic rings. The Morgan fingerprint density at radius 1 is 1.24 bits per heavy atom. The van der Waals surface area contributed by atoms with Gasteiger partial charge in [0, 0.05) is 12.6 Å². The van der Waals surface area contributed by atoms with Gasteiger partial charge in [-0.2, -0.15) is 0 Å². The summed E-state index contributed by atoms with van der Waals surface area (Å²) in [6, 6.07) is 0.396. The van der Waals surface area contributed by atoms with Crippen molar-refractivity contribution >= 4 is 5.91 Å². The Balaban J connectivity index is 1.53. The first-order chi connectivity index (χ1) is 8.34. The second-order valence-electron chi connectivity index (χ2n) is 5.28. The lowest BCUT2D eigenvalue weighted by atomic mass is 9.95. The standard InChI is InChI=1S/C13H24N2O2/c16-13(15-12-4-2-1-3-5-12)10-17-9-11-6-7-14-8-11/h11-12,14H,1-10H2,(H,15,16). The molecule has 2 fully saturated rings. The highest BCUT2D eigenvalue weighted by molar-refractivity contribution is 5.77. The molecule has 1 aliphatic carbocycles. The lowest BCUT2D eigenvalue weighted by molar-refractivity contribution is -0.127. The van der Waals surface area contributed by atoms with E-state index in [1.807, 2.05) is 0 Å². The predicted molar refractivity (Wildman–Crippen MR) is 66.8 cm³/mol. The third-order valence-corrected chi connectivity index (χ3v) is 3.72. The average molecular weight is 240 g/mol. The first kappa shape index (κ1) is 12.8. The van der Waals surface area contributed by atoms with Crippen molar-refractivity contribution in [1.82, 2.24) is 10.6 Å². The number of carbonyl (C=O) groups is 1. The molecule has 4 heteroatoms. The number of hydrogen-bond acceptors (Lipinski definition) is 3. The summed E-state index contributed by atoms with van der Waals surface area (Å²) in [4.78, 5) is 11.6. The molecule has 1 atom stereocenters. The lowest BCUT2D eigenvalue weighted by Crippen LogP contribution is -2.38. The van der Waals surface area contributed by atoms with E-state index < -0.39 is 0 Å². The highest BCUT2D eigenvalue weighted by atomic mass is 16.5. The van der Waals surface area contributed by atoms with Crippen LogP contribution in [-0.2, 0) is 9.53 Å². The SMILES string of the molecule is O=C(COCC1CCNC1)NC1CCCCC1. The Bertz CT molecular complexity index is 234. The fraction of sp³-hybridized carbons (Fsp3) is 0.923. The van der Waals surface area contributed by atoms with Gasteiger partial charge in [-0.3, -0.25) is 4.79 Å². The maximum absolute atomic E-state index is 11.6. The smallest absolute Gasteiger partial charge is 0.246 e. The third-order valence-electron chi connectivity index (χ3n) is 3.72. The molecule has 1 aliphatic heterocycles. The molecule has 17 heavy (non-hydrogen) atoms. The minimum absolute atomic E-state index is 0.0582. The number of ether oxygens (including phenoxy) is 1. The summed E-state index contributed by atoms with van der Waals surface area (Å²) in [6.45, 7) is 3.06. The van der Waals surface area contributed by atoms with Crippen LogP contribution >= 0.6 is 0 Å². The van der Waals surface area contributed by atoms with Gasteiger partial charge in [-0.15, -0.1) is 0 Å². The molecule has 1 saturated carbocycles. The molecule has 4 nitrogen and oxygen atoms in total. The fourth-order valence-corrected chi connectivity index (χ4v) is 2.69. The van der Waals surface area contributed by atoms with Crippen molar-refractivity contribution in [1.29, 1.82) is 0 Å². The van der Waals surface area contributed by atoms with Crippen LogP contribution in [0.4, 0.5) is 0 Å². The van der Waals surface area contributed by atoms with Gasteiger partial charge in [-0.25, -0.2) is 0 Å². The van der Waals surface area contributed by atoms with Gasteiger partial charge in [0.1, 0.15) is 6.61 Å². The molecule has 2 rings (SSSR count). The molecule has 0 bridgehead atoms. The van der Waals surface area contributed by atoms with Crippen molar-refractivity contribution in [2.24, 2.45) is 5.92 Å². The van der Waals surface area contributed by atoms with Crippen molar-refractivity contribution in [2.45, 2.75) is 44.6 Å². The van der Waals surface area contributed by atoms with Crippen LogP contribution in [0, 0.1) is 5.92 Å². The number of rotatable bonds is 5. The summed E-state index contributed by atoms with van der Waals surface area (Å²) in [5.74, 6) is 0.653. The predicted octanol–water partition coefficient (Wildman–Crippen LogP) is 1.06. The first-order valence-corrected chi connectivity index (χ1v) is 6.92. The van der Waals surface area contributed by atoms with Gasteiger partial charge in [0.15, 0.2) is 0 Å². The highest BCUT2D eigenvalue weighted by Gasteiger charge is 2.17. The Morgan fingerprint density at radius 3 is 2.76 bits per heavy atom.